The third kappa shape index (κ3) is 2.06. The van der Waals surface area contributed by atoms with Gasteiger partial charge in [-0.15, -0.1) is 6.42 Å². The van der Waals surface area contributed by atoms with Crippen LogP contribution < -0.4 is 5.32 Å². The first kappa shape index (κ1) is 11.0. The molecule has 0 aliphatic carbocycles. The van der Waals surface area contributed by atoms with E-state index in [1.54, 1.807) is 0 Å². The van der Waals surface area contributed by atoms with E-state index in [2.05, 4.69) is 16.1 Å². The zero-order chi connectivity index (χ0) is 10.6. The predicted molar refractivity (Wildman–Crippen MR) is 53.7 cm³/mol. The molecule has 0 bridgehead atoms. The first-order valence-electron chi connectivity index (χ1n) is 4.60. The standard InChI is InChI=1S/C10H16N2O2/c1-4-6-11-10(9(13)14-3)5-7-12(2)8-10/h1,11H,5-8H2,2-3H3. The summed E-state index contributed by atoms with van der Waals surface area (Å²) in [6, 6.07) is 0. The third-order valence-corrected chi connectivity index (χ3v) is 2.57. The van der Waals surface area contributed by atoms with E-state index in [-0.39, 0.29) is 5.97 Å². The van der Waals surface area contributed by atoms with Crippen molar-refractivity contribution in [3.63, 3.8) is 0 Å². The fourth-order valence-corrected chi connectivity index (χ4v) is 1.80. The van der Waals surface area contributed by atoms with Crippen LogP contribution in [-0.2, 0) is 9.53 Å². The highest BCUT2D eigenvalue weighted by atomic mass is 16.5. The molecule has 1 aliphatic rings. The molecule has 0 amide bonds. The van der Waals surface area contributed by atoms with E-state index in [4.69, 9.17) is 11.2 Å². The van der Waals surface area contributed by atoms with Gasteiger partial charge in [-0.05, 0) is 13.5 Å². The van der Waals surface area contributed by atoms with E-state index in [9.17, 15) is 4.79 Å². The van der Waals surface area contributed by atoms with E-state index in [1.165, 1.54) is 7.11 Å². The van der Waals surface area contributed by atoms with Gasteiger partial charge in [0.25, 0.3) is 0 Å². The average molecular weight is 196 g/mol. The molecule has 1 unspecified atom stereocenters. The molecule has 0 aromatic heterocycles. The summed E-state index contributed by atoms with van der Waals surface area (Å²) in [6.45, 7) is 1.93. The highest BCUT2D eigenvalue weighted by Gasteiger charge is 2.43. The molecular formula is C10H16N2O2. The summed E-state index contributed by atoms with van der Waals surface area (Å²) < 4.78 is 4.79. The molecule has 4 heteroatoms. The van der Waals surface area contributed by atoms with Crippen molar-refractivity contribution in [1.29, 1.82) is 0 Å². The number of esters is 1. The quantitative estimate of drug-likeness (QED) is 0.486. The zero-order valence-electron chi connectivity index (χ0n) is 8.67. The van der Waals surface area contributed by atoms with Gasteiger partial charge in [0, 0.05) is 13.1 Å². The summed E-state index contributed by atoms with van der Waals surface area (Å²) in [7, 11) is 3.38. The van der Waals surface area contributed by atoms with Crippen LogP contribution in [0.3, 0.4) is 0 Å². The minimum Gasteiger partial charge on any atom is -0.468 e. The van der Waals surface area contributed by atoms with Crippen molar-refractivity contribution >= 4 is 5.97 Å². The van der Waals surface area contributed by atoms with Crippen LogP contribution in [0.4, 0.5) is 0 Å². The molecule has 14 heavy (non-hydrogen) atoms. The summed E-state index contributed by atoms with van der Waals surface area (Å²) in [5.41, 5.74) is -0.601. The average Bonchev–Trinajstić information content (AvgIpc) is 2.57. The molecular weight excluding hydrogens is 180 g/mol. The second kappa shape index (κ2) is 4.45. The van der Waals surface area contributed by atoms with Gasteiger partial charge in [0.2, 0.25) is 0 Å². The van der Waals surface area contributed by atoms with E-state index < -0.39 is 5.54 Å². The summed E-state index contributed by atoms with van der Waals surface area (Å²) in [5.74, 6) is 2.25. The Morgan fingerprint density at radius 3 is 2.93 bits per heavy atom. The lowest BCUT2D eigenvalue weighted by molar-refractivity contribution is -0.148. The van der Waals surface area contributed by atoms with Crippen LogP contribution in [0, 0.1) is 12.3 Å². The van der Waals surface area contributed by atoms with Gasteiger partial charge in [0.1, 0.15) is 5.54 Å². The maximum atomic E-state index is 11.6. The van der Waals surface area contributed by atoms with E-state index in [0.717, 1.165) is 13.0 Å². The Morgan fingerprint density at radius 1 is 1.79 bits per heavy atom. The number of likely N-dealkylation sites (tertiary alicyclic amines) is 1. The zero-order valence-corrected chi connectivity index (χ0v) is 8.67. The van der Waals surface area contributed by atoms with Crippen LogP contribution in [0.25, 0.3) is 0 Å². The second-order valence-electron chi connectivity index (χ2n) is 3.62. The number of likely N-dealkylation sites (N-methyl/N-ethyl adjacent to an activating group) is 1. The third-order valence-electron chi connectivity index (χ3n) is 2.57. The van der Waals surface area contributed by atoms with Gasteiger partial charge in [-0.3, -0.25) is 10.1 Å². The number of ether oxygens (including phenoxy) is 1. The Labute approximate surface area is 84.6 Å². The fraction of sp³-hybridized carbons (Fsp3) is 0.700. The van der Waals surface area contributed by atoms with Gasteiger partial charge in [0.05, 0.1) is 13.7 Å². The minimum absolute atomic E-state index is 0.225. The van der Waals surface area contributed by atoms with Crippen molar-refractivity contribution in [3.05, 3.63) is 0 Å². The van der Waals surface area contributed by atoms with Crippen LogP contribution in [0.5, 0.6) is 0 Å². The van der Waals surface area contributed by atoms with Gasteiger partial charge in [-0.1, -0.05) is 5.92 Å². The summed E-state index contributed by atoms with van der Waals surface area (Å²) in [5, 5.41) is 3.07. The number of nitrogens with one attached hydrogen (secondary N) is 1. The van der Waals surface area contributed by atoms with E-state index in [0.29, 0.717) is 13.1 Å². The van der Waals surface area contributed by atoms with Gasteiger partial charge in [-0.2, -0.15) is 0 Å². The Kier molecular flexibility index (Phi) is 3.50. The molecule has 0 aromatic carbocycles. The molecule has 0 saturated carbocycles. The maximum absolute atomic E-state index is 11.6. The van der Waals surface area contributed by atoms with E-state index in [1.807, 2.05) is 7.05 Å². The normalized spacial score (nSPS) is 27.2. The second-order valence-corrected chi connectivity index (χ2v) is 3.62. The maximum Gasteiger partial charge on any atom is 0.327 e. The Hall–Kier alpha value is -1.05. The summed E-state index contributed by atoms with van der Waals surface area (Å²) in [6.07, 6.45) is 5.91. The molecule has 1 aliphatic heterocycles. The first-order valence-corrected chi connectivity index (χ1v) is 4.60. The largest absolute Gasteiger partial charge is 0.468 e. The number of hydrogen-bond donors (Lipinski definition) is 1. The van der Waals surface area contributed by atoms with Gasteiger partial charge < -0.3 is 9.64 Å². The number of methoxy groups -OCH3 is 1. The first-order chi connectivity index (χ1) is 6.64. The Balaban J connectivity index is 2.70. The highest BCUT2D eigenvalue weighted by Crippen LogP contribution is 2.21. The number of nitrogens with zero attached hydrogens (tertiary/aromatic N) is 1. The van der Waals surface area contributed by atoms with Crippen LogP contribution in [0.1, 0.15) is 6.42 Å². The molecule has 1 rings (SSSR count). The van der Waals surface area contributed by atoms with Crippen LogP contribution in [0.15, 0.2) is 0 Å². The molecule has 0 spiro atoms. The smallest absolute Gasteiger partial charge is 0.327 e. The SMILES string of the molecule is C#CCNC1(C(=O)OC)CCN(C)C1. The highest BCUT2D eigenvalue weighted by molar-refractivity contribution is 5.81. The number of rotatable bonds is 3. The van der Waals surface area contributed by atoms with Crippen LogP contribution in [-0.4, -0.2) is 50.2 Å². The van der Waals surface area contributed by atoms with Gasteiger partial charge in [0.15, 0.2) is 0 Å². The van der Waals surface area contributed by atoms with Gasteiger partial charge >= 0.3 is 5.97 Å². The number of terminal acetylenes is 1. The molecule has 78 valence electrons. The fourth-order valence-electron chi connectivity index (χ4n) is 1.80. The lowest BCUT2D eigenvalue weighted by Gasteiger charge is -2.26. The van der Waals surface area contributed by atoms with Crippen molar-refractivity contribution in [2.24, 2.45) is 0 Å². The molecule has 0 radical (unpaired) electrons. The topological polar surface area (TPSA) is 41.6 Å². The minimum atomic E-state index is -0.601. The molecule has 1 saturated heterocycles. The summed E-state index contributed by atoms with van der Waals surface area (Å²) >= 11 is 0. The molecule has 1 atom stereocenters. The predicted octanol–water partition coefficient (Wildman–Crippen LogP) is -0.543. The monoisotopic (exact) mass is 196 g/mol. The van der Waals surface area contributed by atoms with Crippen molar-refractivity contribution < 1.29 is 9.53 Å². The lowest BCUT2D eigenvalue weighted by atomic mass is 9.99. The molecule has 4 nitrogen and oxygen atoms in total. The lowest BCUT2D eigenvalue weighted by Crippen LogP contribution is -2.54. The molecule has 1 fully saturated rings. The van der Waals surface area contributed by atoms with Crippen molar-refractivity contribution in [2.75, 3.05) is 33.8 Å². The van der Waals surface area contributed by atoms with Gasteiger partial charge in [-0.25, -0.2) is 0 Å². The van der Waals surface area contributed by atoms with Crippen molar-refractivity contribution in [1.82, 2.24) is 10.2 Å². The molecule has 0 aromatic rings. The van der Waals surface area contributed by atoms with E-state index >= 15 is 0 Å². The van der Waals surface area contributed by atoms with Crippen molar-refractivity contribution in [3.8, 4) is 12.3 Å². The molecule has 1 N–H and O–H groups in total. The Morgan fingerprint density at radius 2 is 2.50 bits per heavy atom. The Bertz CT molecular complexity index is 259. The number of carbonyl (C=O) groups excluding carboxylic acids is 1. The number of hydrogen-bond acceptors (Lipinski definition) is 4. The van der Waals surface area contributed by atoms with Crippen LogP contribution >= 0.6 is 0 Å². The number of carbonyl (C=O) groups is 1. The summed E-state index contributed by atoms with van der Waals surface area (Å²) in [4.78, 5) is 13.7. The van der Waals surface area contributed by atoms with Crippen LogP contribution in [0.2, 0.25) is 0 Å². The molecule has 1 heterocycles. The van der Waals surface area contributed by atoms with Crippen molar-refractivity contribution in [2.45, 2.75) is 12.0 Å².